The molecule has 38 heavy (non-hydrogen) atoms. The number of aromatic nitrogens is 2. The highest BCUT2D eigenvalue weighted by molar-refractivity contribution is 8.00. The standard InChI is InChI=1S/C29H34N6O2S/c1-20(23-9-5-3-6-10-23)35-26-25(17-30-29(35)37)28(32-19-31-26)38-21(2)27(36)33-24-13-11-22(12-14-24)18-34-15-7-4-8-16-34/h3,5-6,9-14,19-21H,4,7-8,15-18H2,1-2H3,(H,30,37)(H,33,36)/t20-,21?/m1/s1. The summed E-state index contributed by atoms with van der Waals surface area (Å²) in [6, 6.07) is 17.6. The van der Waals surface area contributed by atoms with E-state index < -0.39 is 0 Å². The van der Waals surface area contributed by atoms with Crippen molar-refractivity contribution in [2.24, 2.45) is 0 Å². The molecule has 1 saturated heterocycles. The molecule has 5 rings (SSSR count). The minimum atomic E-state index is -0.389. The number of amides is 3. The summed E-state index contributed by atoms with van der Waals surface area (Å²) in [4.78, 5) is 39.0. The number of likely N-dealkylation sites (tertiary alicyclic amines) is 1. The number of nitrogens with one attached hydrogen (secondary N) is 2. The number of benzene rings is 2. The first-order chi connectivity index (χ1) is 18.5. The third-order valence-electron chi connectivity index (χ3n) is 7.15. The molecule has 0 saturated carbocycles. The maximum atomic E-state index is 13.0. The zero-order valence-corrected chi connectivity index (χ0v) is 22.7. The smallest absolute Gasteiger partial charge is 0.323 e. The van der Waals surface area contributed by atoms with E-state index in [-0.39, 0.29) is 23.2 Å². The van der Waals surface area contributed by atoms with Crippen molar-refractivity contribution < 1.29 is 9.59 Å². The van der Waals surface area contributed by atoms with E-state index >= 15 is 0 Å². The summed E-state index contributed by atoms with van der Waals surface area (Å²) in [5.74, 6) is 0.486. The minimum absolute atomic E-state index is 0.0968. The molecule has 0 aliphatic carbocycles. The van der Waals surface area contributed by atoms with Gasteiger partial charge in [-0.1, -0.05) is 60.6 Å². The fourth-order valence-corrected chi connectivity index (χ4v) is 5.89. The summed E-state index contributed by atoms with van der Waals surface area (Å²) in [6.45, 7) is 7.44. The fraction of sp³-hybridized carbons (Fsp3) is 0.379. The van der Waals surface area contributed by atoms with Crippen molar-refractivity contribution in [3.8, 4) is 0 Å². The first-order valence-corrected chi connectivity index (χ1v) is 14.1. The molecule has 2 aliphatic rings. The Morgan fingerprint density at radius 3 is 2.50 bits per heavy atom. The van der Waals surface area contributed by atoms with Crippen molar-refractivity contribution >= 4 is 35.2 Å². The van der Waals surface area contributed by atoms with Crippen molar-refractivity contribution in [3.63, 3.8) is 0 Å². The zero-order chi connectivity index (χ0) is 26.5. The van der Waals surface area contributed by atoms with Gasteiger partial charge < -0.3 is 10.6 Å². The van der Waals surface area contributed by atoms with Gasteiger partial charge in [0.05, 0.1) is 17.8 Å². The van der Waals surface area contributed by atoms with Crippen LogP contribution >= 0.6 is 11.8 Å². The lowest BCUT2D eigenvalue weighted by atomic mass is 10.1. The Bertz CT molecular complexity index is 1260. The van der Waals surface area contributed by atoms with Gasteiger partial charge in [0.1, 0.15) is 17.2 Å². The van der Waals surface area contributed by atoms with Gasteiger partial charge in [0.15, 0.2) is 0 Å². The Morgan fingerprint density at radius 1 is 1.03 bits per heavy atom. The van der Waals surface area contributed by atoms with Crippen LogP contribution < -0.4 is 15.5 Å². The molecule has 0 spiro atoms. The van der Waals surface area contributed by atoms with Crippen LogP contribution in [0.1, 0.15) is 55.8 Å². The van der Waals surface area contributed by atoms with Gasteiger partial charge in [-0.15, -0.1) is 0 Å². The number of nitrogens with zero attached hydrogens (tertiary/aromatic N) is 4. The van der Waals surface area contributed by atoms with Gasteiger partial charge in [-0.2, -0.15) is 0 Å². The molecule has 2 atom stereocenters. The Balaban J connectivity index is 1.25. The van der Waals surface area contributed by atoms with Gasteiger partial charge in [0, 0.05) is 17.8 Å². The summed E-state index contributed by atoms with van der Waals surface area (Å²) in [5.41, 5.74) is 3.88. The average Bonchev–Trinajstić information content (AvgIpc) is 2.95. The van der Waals surface area contributed by atoms with Gasteiger partial charge in [0.2, 0.25) is 5.91 Å². The molecule has 2 aromatic carbocycles. The number of hydrogen-bond acceptors (Lipinski definition) is 6. The van der Waals surface area contributed by atoms with Crippen LogP contribution in [0.5, 0.6) is 0 Å². The van der Waals surface area contributed by atoms with Crippen LogP contribution in [0.25, 0.3) is 0 Å². The number of rotatable bonds is 8. The average molecular weight is 531 g/mol. The molecule has 2 N–H and O–H groups in total. The monoisotopic (exact) mass is 530 g/mol. The van der Waals surface area contributed by atoms with Crippen molar-refractivity contribution in [1.82, 2.24) is 20.2 Å². The van der Waals surface area contributed by atoms with Gasteiger partial charge in [-0.25, -0.2) is 14.8 Å². The largest absolute Gasteiger partial charge is 0.333 e. The summed E-state index contributed by atoms with van der Waals surface area (Å²) in [5, 5.41) is 6.28. The molecule has 0 radical (unpaired) electrons. The van der Waals surface area contributed by atoms with Crippen LogP contribution in [0.3, 0.4) is 0 Å². The molecule has 2 aliphatic heterocycles. The lowest BCUT2D eigenvalue weighted by molar-refractivity contribution is -0.115. The number of thioether (sulfide) groups is 1. The van der Waals surface area contributed by atoms with E-state index in [4.69, 9.17) is 0 Å². The summed E-state index contributed by atoms with van der Waals surface area (Å²) >= 11 is 1.37. The van der Waals surface area contributed by atoms with E-state index in [1.54, 1.807) is 4.90 Å². The number of piperidine rings is 1. The van der Waals surface area contributed by atoms with Crippen LogP contribution in [-0.2, 0) is 17.9 Å². The number of carbonyl (C=O) groups is 2. The van der Waals surface area contributed by atoms with Crippen LogP contribution in [0.15, 0.2) is 66.0 Å². The Morgan fingerprint density at radius 2 is 1.76 bits per heavy atom. The van der Waals surface area contributed by atoms with Gasteiger partial charge in [0.25, 0.3) is 0 Å². The molecule has 1 unspecified atom stereocenters. The van der Waals surface area contributed by atoms with E-state index in [2.05, 4.69) is 37.6 Å². The van der Waals surface area contributed by atoms with Crippen LogP contribution in [0.4, 0.5) is 16.3 Å². The predicted molar refractivity (Wildman–Crippen MR) is 151 cm³/mol. The van der Waals surface area contributed by atoms with Crippen LogP contribution in [0, 0.1) is 0 Å². The summed E-state index contributed by atoms with van der Waals surface area (Å²) < 4.78 is 0. The first-order valence-electron chi connectivity index (χ1n) is 13.2. The van der Waals surface area contributed by atoms with Gasteiger partial charge in [-0.3, -0.25) is 14.6 Å². The molecular formula is C29H34N6O2S. The third-order valence-corrected chi connectivity index (χ3v) is 8.29. The molecule has 9 heteroatoms. The second-order valence-electron chi connectivity index (χ2n) is 9.88. The molecule has 3 aromatic rings. The maximum Gasteiger partial charge on any atom is 0.323 e. The van der Waals surface area contributed by atoms with E-state index in [0.717, 1.165) is 36.4 Å². The number of fused-ring (bicyclic) bond motifs is 1. The minimum Gasteiger partial charge on any atom is -0.333 e. The van der Waals surface area contributed by atoms with Crippen LogP contribution in [0.2, 0.25) is 0 Å². The molecule has 1 fully saturated rings. The summed E-state index contributed by atoms with van der Waals surface area (Å²) in [6.07, 6.45) is 5.34. The SMILES string of the molecule is CC(Sc1ncnc2c1CNC(=O)N2[C@H](C)c1ccccc1)C(=O)Nc1ccc(CN2CCCCC2)cc1. The Labute approximate surface area is 228 Å². The number of carbonyl (C=O) groups excluding carboxylic acids is 2. The number of anilines is 2. The lowest BCUT2D eigenvalue weighted by Crippen LogP contribution is -2.46. The summed E-state index contributed by atoms with van der Waals surface area (Å²) in [7, 11) is 0. The van der Waals surface area contributed by atoms with Crippen molar-refractivity contribution in [2.45, 2.75) is 62.5 Å². The quantitative estimate of drug-likeness (QED) is 0.301. The van der Waals surface area contributed by atoms with E-state index in [1.807, 2.05) is 56.3 Å². The number of urea groups is 1. The van der Waals surface area contributed by atoms with Crippen LogP contribution in [-0.4, -0.2) is 45.1 Å². The van der Waals surface area contributed by atoms with Gasteiger partial charge in [-0.05, 0) is 63.0 Å². The highest BCUT2D eigenvalue weighted by Crippen LogP contribution is 2.36. The molecule has 3 amide bonds. The second kappa shape index (κ2) is 12.0. The molecule has 1 aromatic heterocycles. The topological polar surface area (TPSA) is 90.5 Å². The van der Waals surface area contributed by atoms with Gasteiger partial charge >= 0.3 is 6.03 Å². The van der Waals surface area contributed by atoms with Crippen molar-refractivity contribution in [2.75, 3.05) is 23.3 Å². The molecule has 198 valence electrons. The molecular weight excluding hydrogens is 496 g/mol. The second-order valence-corrected chi connectivity index (χ2v) is 11.2. The lowest BCUT2D eigenvalue weighted by Gasteiger charge is -2.34. The highest BCUT2D eigenvalue weighted by atomic mass is 32.2. The molecule has 3 heterocycles. The third kappa shape index (κ3) is 6.00. The van der Waals surface area contributed by atoms with Crippen molar-refractivity contribution in [1.29, 1.82) is 0 Å². The van der Waals surface area contributed by atoms with E-state index in [9.17, 15) is 9.59 Å². The van der Waals surface area contributed by atoms with E-state index in [1.165, 1.54) is 42.9 Å². The highest BCUT2D eigenvalue weighted by Gasteiger charge is 2.33. The Hall–Kier alpha value is -3.43. The zero-order valence-electron chi connectivity index (χ0n) is 21.9. The first kappa shape index (κ1) is 26.2. The van der Waals surface area contributed by atoms with Crippen molar-refractivity contribution in [3.05, 3.63) is 77.6 Å². The number of hydrogen-bond donors (Lipinski definition) is 2. The Kier molecular flexibility index (Phi) is 8.24. The molecule has 8 nitrogen and oxygen atoms in total. The maximum absolute atomic E-state index is 13.0. The fourth-order valence-electron chi connectivity index (χ4n) is 4.97. The predicted octanol–water partition coefficient (Wildman–Crippen LogP) is 5.37. The van der Waals surface area contributed by atoms with E-state index in [0.29, 0.717) is 17.4 Å². The normalized spacial score (nSPS) is 17.3. The molecule has 0 bridgehead atoms.